The predicted octanol–water partition coefficient (Wildman–Crippen LogP) is 2.14. The molecule has 0 atom stereocenters. The lowest BCUT2D eigenvalue weighted by Gasteiger charge is -2.09. The minimum atomic E-state index is -3.54. The Kier molecular flexibility index (Phi) is 8.17. The highest BCUT2D eigenvalue weighted by atomic mass is 32.2. The van der Waals surface area contributed by atoms with Crippen LogP contribution in [0.2, 0.25) is 0 Å². The number of nitrogens with one attached hydrogen (secondary N) is 3. The molecule has 0 aliphatic heterocycles. The first-order chi connectivity index (χ1) is 13.9. The standard InChI is InChI=1S/C20H25N3O5S/c1-3-12-22-29(26,27)18-9-7-16(8-10-18)23-19(24)11-13-21-20(25)15-5-4-6-17(14-15)28-2/h4-10,14,22H,3,11-13H2,1-2H3,(H,21,25)(H,23,24). The molecular formula is C20H25N3O5S. The van der Waals surface area contributed by atoms with E-state index in [-0.39, 0.29) is 29.7 Å². The molecule has 0 saturated heterocycles. The van der Waals surface area contributed by atoms with Gasteiger partial charge in [0.25, 0.3) is 5.91 Å². The Morgan fingerprint density at radius 3 is 2.41 bits per heavy atom. The van der Waals surface area contributed by atoms with Crippen molar-refractivity contribution in [2.45, 2.75) is 24.7 Å². The SMILES string of the molecule is CCCNS(=O)(=O)c1ccc(NC(=O)CCNC(=O)c2cccc(OC)c2)cc1. The second-order valence-electron chi connectivity index (χ2n) is 6.21. The van der Waals surface area contributed by atoms with E-state index in [0.29, 0.717) is 30.0 Å². The van der Waals surface area contributed by atoms with Gasteiger partial charge in [0.05, 0.1) is 12.0 Å². The maximum absolute atomic E-state index is 12.1. The van der Waals surface area contributed by atoms with E-state index in [1.165, 1.54) is 31.4 Å². The van der Waals surface area contributed by atoms with Gasteiger partial charge >= 0.3 is 0 Å². The van der Waals surface area contributed by atoms with Crippen LogP contribution in [0.3, 0.4) is 0 Å². The van der Waals surface area contributed by atoms with Crippen LogP contribution in [0, 0.1) is 0 Å². The number of amides is 2. The fraction of sp³-hybridized carbons (Fsp3) is 0.300. The third-order valence-corrected chi connectivity index (χ3v) is 5.44. The van der Waals surface area contributed by atoms with Gasteiger partial charge in [-0.05, 0) is 48.9 Å². The van der Waals surface area contributed by atoms with Gasteiger partial charge in [0.1, 0.15) is 5.75 Å². The van der Waals surface area contributed by atoms with Gasteiger partial charge in [-0.15, -0.1) is 0 Å². The number of methoxy groups -OCH3 is 1. The molecular weight excluding hydrogens is 394 g/mol. The topological polar surface area (TPSA) is 114 Å². The summed E-state index contributed by atoms with van der Waals surface area (Å²) in [6.07, 6.45) is 0.773. The molecule has 0 spiro atoms. The van der Waals surface area contributed by atoms with E-state index in [0.717, 1.165) is 0 Å². The van der Waals surface area contributed by atoms with Crippen LogP contribution in [-0.2, 0) is 14.8 Å². The van der Waals surface area contributed by atoms with Crippen LogP contribution in [0.5, 0.6) is 5.75 Å². The molecule has 0 aliphatic rings. The molecule has 3 N–H and O–H groups in total. The Labute approximate surface area is 170 Å². The average molecular weight is 420 g/mol. The number of rotatable bonds is 10. The van der Waals surface area contributed by atoms with Crippen LogP contribution >= 0.6 is 0 Å². The lowest BCUT2D eigenvalue weighted by Crippen LogP contribution is -2.27. The number of benzene rings is 2. The normalized spacial score (nSPS) is 11.0. The van der Waals surface area contributed by atoms with Gasteiger partial charge in [0, 0.05) is 30.8 Å². The Bertz CT molecular complexity index is 943. The van der Waals surface area contributed by atoms with Crippen LogP contribution in [0.15, 0.2) is 53.4 Å². The van der Waals surface area contributed by atoms with Gasteiger partial charge in [0.15, 0.2) is 0 Å². The summed E-state index contributed by atoms with van der Waals surface area (Å²) in [5, 5.41) is 5.34. The van der Waals surface area contributed by atoms with Crippen LogP contribution < -0.4 is 20.1 Å². The first-order valence-corrected chi connectivity index (χ1v) is 10.7. The largest absolute Gasteiger partial charge is 0.497 e. The Morgan fingerprint density at radius 1 is 1.03 bits per heavy atom. The highest BCUT2D eigenvalue weighted by molar-refractivity contribution is 7.89. The van der Waals surface area contributed by atoms with E-state index in [1.54, 1.807) is 24.3 Å². The fourth-order valence-electron chi connectivity index (χ4n) is 2.42. The molecule has 0 heterocycles. The lowest BCUT2D eigenvalue weighted by atomic mass is 10.2. The number of carbonyl (C=O) groups excluding carboxylic acids is 2. The summed E-state index contributed by atoms with van der Waals surface area (Å²) in [7, 11) is -2.02. The molecule has 0 unspecified atom stereocenters. The molecule has 0 fully saturated rings. The Balaban J connectivity index is 1.82. The van der Waals surface area contributed by atoms with Crippen LogP contribution in [0.25, 0.3) is 0 Å². The van der Waals surface area contributed by atoms with Gasteiger partial charge in [-0.2, -0.15) is 0 Å². The summed E-state index contributed by atoms with van der Waals surface area (Å²) >= 11 is 0. The number of sulfonamides is 1. The molecule has 0 bridgehead atoms. The number of anilines is 1. The molecule has 156 valence electrons. The number of carbonyl (C=O) groups is 2. The van der Waals surface area contributed by atoms with E-state index in [2.05, 4.69) is 15.4 Å². The number of hydrogen-bond acceptors (Lipinski definition) is 5. The molecule has 2 rings (SSSR count). The summed E-state index contributed by atoms with van der Waals surface area (Å²) in [4.78, 5) is 24.3. The van der Waals surface area contributed by atoms with Crippen molar-refractivity contribution in [3.05, 3.63) is 54.1 Å². The molecule has 9 heteroatoms. The summed E-state index contributed by atoms with van der Waals surface area (Å²) in [5.74, 6) is -0.0211. The molecule has 8 nitrogen and oxygen atoms in total. The van der Waals surface area contributed by atoms with E-state index in [9.17, 15) is 18.0 Å². The quantitative estimate of drug-likeness (QED) is 0.546. The van der Waals surface area contributed by atoms with Crippen molar-refractivity contribution in [1.29, 1.82) is 0 Å². The van der Waals surface area contributed by atoms with Crippen molar-refractivity contribution in [2.75, 3.05) is 25.5 Å². The highest BCUT2D eigenvalue weighted by Crippen LogP contribution is 2.14. The monoisotopic (exact) mass is 419 g/mol. The van der Waals surface area contributed by atoms with E-state index < -0.39 is 10.0 Å². The zero-order chi connectivity index (χ0) is 21.3. The van der Waals surface area contributed by atoms with Crippen LogP contribution in [0.4, 0.5) is 5.69 Å². The van der Waals surface area contributed by atoms with Crippen molar-refractivity contribution < 1.29 is 22.7 Å². The van der Waals surface area contributed by atoms with Crippen molar-refractivity contribution >= 4 is 27.5 Å². The smallest absolute Gasteiger partial charge is 0.251 e. The van der Waals surface area contributed by atoms with Gasteiger partial charge < -0.3 is 15.4 Å². The van der Waals surface area contributed by atoms with Crippen molar-refractivity contribution in [2.24, 2.45) is 0 Å². The molecule has 0 aliphatic carbocycles. The van der Waals surface area contributed by atoms with Gasteiger partial charge in [0.2, 0.25) is 15.9 Å². The molecule has 29 heavy (non-hydrogen) atoms. The summed E-state index contributed by atoms with van der Waals surface area (Å²) in [6, 6.07) is 12.6. The van der Waals surface area contributed by atoms with Gasteiger partial charge in [-0.3, -0.25) is 9.59 Å². The Morgan fingerprint density at radius 2 is 1.76 bits per heavy atom. The first-order valence-electron chi connectivity index (χ1n) is 9.17. The van der Waals surface area contributed by atoms with Gasteiger partial charge in [-0.1, -0.05) is 13.0 Å². The average Bonchev–Trinajstić information content (AvgIpc) is 2.72. The molecule has 0 aromatic heterocycles. The number of hydrogen-bond donors (Lipinski definition) is 3. The zero-order valence-corrected chi connectivity index (χ0v) is 17.2. The Hall–Kier alpha value is -2.91. The maximum atomic E-state index is 12.1. The van der Waals surface area contributed by atoms with Crippen molar-refractivity contribution in [3.8, 4) is 5.75 Å². The second-order valence-corrected chi connectivity index (χ2v) is 7.98. The highest BCUT2D eigenvalue weighted by Gasteiger charge is 2.13. The fourth-order valence-corrected chi connectivity index (χ4v) is 3.55. The molecule has 2 amide bonds. The summed E-state index contributed by atoms with van der Waals surface area (Å²) in [6.45, 7) is 2.40. The minimum Gasteiger partial charge on any atom is -0.497 e. The minimum absolute atomic E-state index is 0.0772. The lowest BCUT2D eigenvalue weighted by molar-refractivity contribution is -0.116. The van der Waals surface area contributed by atoms with E-state index in [4.69, 9.17) is 4.74 Å². The summed E-state index contributed by atoms with van der Waals surface area (Å²) < 4.78 is 31.6. The molecule has 2 aromatic rings. The van der Waals surface area contributed by atoms with Crippen molar-refractivity contribution in [1.82, 2.24) is 10.0 Å². The molecule has 0 radical (unpaired) electrons. The van der Waals surface area contributed by atoms with Crippen LogP contribution in [-0.4, -0.2) is 40.4 Å². The van der Waals surface area contributed by atoms with Crippen molar-refractivity contribution in [3.63, 3.8) is 0 Å². The molecule has 0 saturated carbocycles. The zero-order valence-electron chi connectivity index (χ0n) is 16.4. The molecule has 2 aromatic carbocycles. The summed E-state index contributed by atoms with van der Waals surface area (Å²) in [5.41, 5.74) is 0.918. The maximum Gasteiger partial charge on any atom is 0.251 e. The number of ether oxygens (including phenoxy) is 1. The van der Waals surface area contributed by atoms with E-state index in [1.807, 2.05) is 6.92 Å². The second kappa shape index (κ2) is 10.6. The predicted molar refractivity (Wildman–Crippen MR) is 110 cm³/mol. The third kappa shape index (κ3) is 6.88. The van der Waals surface area contributed by atoms with E-state index >= 15 is 0 Å². The third-order valence-electron chi connectivity index (χ3n) is 3.96. The first kappa shape index (κ1) is 22.4. The van der Waals surface area contributed by atoms with Crippen LogP contribution in [0.1, 0.15) is 30.1 Å². The van der Waals surface area contributed by atoms with Gasteiger partial charge in [-0.25, -0.2) is 13.1 Å².